The number of hydrogen-bond acceptors (Lipinski definition) is 6. The van der Waals surface area contributed by atoms with Crippen molar-refractivity contribution in [3.05, 3.63) is 84.4 Å². The van der Waals surface area contributed by atoms with Crippen LogP contribution >= 0.6 is 0 Å². The Bertz CT molecular complexity index is 1320. The Morgan fingerprint density at radius 1 is 0.763 bits per heavy atom. The number of hydrazone groups is 2. The number of carbonyl (C=O) groups is 2. The lowest BCUT2D eigenvalue weighted by Gasteiger charge is -2.29. The number of amides is 2. The Balaban J connectivity index is 1.60. The maximum absolute atomic E-state index is 14.0. The average Bonchev–Trinajstić information content (AvgIpc) is 3.40. The molecule has 0 bridgehead atoms. The lowest BCUT2D eigenvalue weighted by Crippen LogP contribution is -2.40. The predicted octanol–water partition coefficient (Wildman–Crippen LogP) is 5.26. The molecule has 0 fully saturated rings. The fourth-order valence-corrected chi connectivity index (χ4v) is 5.24. The van der Waals surface area contributed by atoms with Crippen molar-refractivity contribution in [2.24, 2.45) is 22.0 Å². The van der Waals surface area contributed by atoms with Gasteiger partial charge in [-0.2, -0.15) is 10.2 Å². The van der Waals surface area contributed by atoms with Crippen LogP contribution < -0.4 is 19.5 Å². The summed E-state index contributed by atoms with van der Waals surface area (Å²) >= 11 is 0. The molecule has 0 radical (unpaired) electrons. The van der Waals surface area contributed by atoms with E-state index in [0.29, 0.717) is 40.9 Å². The van der Waals surface area contributed by atoms with E-state index in [9.17, 15) is 9.59 Å². The standard InChI is InChI=1S/C30H30N4O4/c1-5-38-24-17-16-21(18-25(24)37-4)28(26-19(2)31-33(29(26)35)22-12-8-6-9-13-22)27-20(3)32-34(30(27)36)23-14-10-7-11-15-23/h6-18,26-28H,5H2,1-4H3. The molecule has 0 aliphatic carbocycles. The van der Waals surface area contributed by atoms with Crippen LogP contribution in [0, 0.1) is 11.8 Å². The van der Waals surface area contributed by atoms with Crippen molar-refractivity contribution < 1.29 is 19.1 Å². The summed E-state index contributed by atoms with van der Waals surface area (Å²) in [5.74, 6) is -1.15. The van der Waals surface area contributed by atoms with Gasteiger partial charge in [0.2, 0.25) is 0 Å². The molecule has 0 N–H and O–H groups in total. The summed E-state index contributed by atoms with van der Waals surface area (Å²) in [6.45, 7) is 6.06. The zero-order valence-corrected chi connectivity index (χ0v) is 21.9. The first-order chi connectivity index (χ1) is 18.4. The van der Waals surface area contributed by atoms with Crippen LogP contribution in [0.3, 0.4) is 0 Å². The molecule has 2 heterocycles. The maximum Gasteiger partial charge on any atom is 0.256 e. The van der Waals surface area contributed by atoms with Crippen molar-refractivity contribution in [3.63, 3.8) is 0 Å². The first kappa shape index (κ1) is 25.2. The van der Waals surface area contributed by atoms with E-state index in [1.807, 2.05) is 99.6 Å². The fourth-order valence-electron chi connectivity index (χ4n) is 5.24. The molecule has 3 aromatic carbocycles. The minimum absolute atomic E-state index is 0.190. The highest BCUT2D eigenvalue weighted by atomic mass is 16.5. The van der Waals surface area contributed by atoms with E-state index < -0.39 is 17.8 Å². The highest BCUT2D eigenvalue weighted by molar-refractivity contribution is 6.19. The molecule has 3 aromatic rings. The van der Waals surface area contributed by atoms with Gasteiger partial charge in [0.05, 0.1) is 36.9 Å². The largest absolute Gasteiger partial charge is 0.493 e. The summed E-state index contributed by atoms with van der Waals surface area (Å²) in [5, 5.41) is 12.1. The second-order valence-electron chi connectivity index (χ2n) is 9.28. The molecule has 2 atom stereocenters. The van der Waals surface area contributed by atoms with Crippen LogP contribution in [0.5, 0.6) is 11.5 Å². The third kappa shape index (κ3) is 4.42. The molecule has 38 heavy (non-hydrogen) atoms. The number of para-hydroxylation sites is 2. The molecule has 0 aromatic heterocycles. The maximum atomic E-state index is 14.0. The Morgan fingerprint density at radius 2 is 1.26 bits per heavy atom. The Labute approximate surface area is 222 Å². The number of nitrogens with zero attached hydrogens (tertiary/aromatic N) is 4. The van der Waals surface area contributed by atoms with Crippen LogP contribution in [0.2, 0.25) is 0 Å². The second-order valence-corrected chi connectivity index (χ2v) is 9.28. The molecule has 5 rings (SSSR count). The van der Waals surface area contributed by atoms with Gasteiger partial charge in [-0.25, -0.2) is 10.0 Å². The summed E-state index contributed by atoms with van der Waals surface area (Å²) in [6, 6.07) is 24.2. The molecule has 0 saturated carbocycles. The quantitative estimate of drug-likeness (QED) is 0.414. The van der Waals surface area contributed by atoms with Crippen molar-refractivity contribution in [1.29, 1.82) is 0 Å². The Kier molecular flexibility index (Phi) is 6.96. The van der Waals surface area contributed by atoms with E-state index in [0.717, 1.165) is 5.56 Å². The number of anilines is 2. The Hall–Kier alpha value is -4.46. The van der Waals surface area contributed by atoms with Gasteiger partial charge in [0.15, 0.2) is 11.5 Å². The average molecular weight is 511 g/mol. The van der Waals surface area contributed by atoms with Crippen LogP contribution in [0.1, 0.15) is 32.3 Å². The third-order valence-corrected chi connectivity index (χ3v) is 6.96. The molecule has 2 unspecified atom stereocenters. The number of methoxy groups -OCH3 is 1. The zero-order chi connectivity index (χ0) is 26.8. The molecule has 0 spiro atoms. The van der Waals surface area contributed by atoms with Gasteiger partial charge in [-0.3, -0.25) is 9.59 Å². The molecule has 2 aliphatic rings. The number of carbonyl (C=O) groups excluding carboxylic acids is 2. The minimum Gasteiger partial charge on any atom is -0.493 e. The highest BCUT2D eigenvalue weighted by Crippen LogP contribution is 2.44. The molecule has 2 aliphatic heterocycles. The smallest absolute Gasteiger partial charge is 0.256 e. The monoisotopic (exact) mass is 510 g/mol. The van der Waals surface area contributed by atoms with Crippen molar-refractivity contribution in [2.75, 3.05) is 23.7 Å². The minimum atomic E-state index is -0.673. The van der Waals surface area contributed by atoms with Gasteiger partial charge < -0.3 is 9.47 Å². The van der Waals surface area contributed by atoms with E-state index in [-0.39, 0.29) is 11.8 Å². The first-order valence-electron chi connectivity index (χ1n) is 12.6. The van der Waals surface area contributed by atoms with Gasteiger partial charge in [-0.05, 0) is 62.7 Å². The van der Waals surface area contributed by atoms with Gasteiger partial charge in [0.1, 0.15) is 0 Å². The molecular weight excluding hydrogens is 480 g/mol. The first-order valence-corrected chi connectivity index (χ1v) is 12.6. The van der Waals surface area contributed by atoms with Gasteiger partial charge in [-0.15, -0.1) is 0 Å². The van der Waals surface area contributed by atoms with E-state index >= 15 is 0 Å². The van der Waals surface area contributed by atoms with Crippen molar-refractivity contribution in [3.8, 4) is 11.5 Å². The topological polar surface area (TPSA) is 83.8 Å². The van der Waals surface area contributed by atoms with Crippen LogP contribution in [0.15, 0.2) is 89.1 Å². The van der Waals surface area contributed by atoms with Crippen LogP contribution in [-0.2, 0) is 9.59 Å². The molecule has 8 heteroatoms. The lowest BCUT2D eigenvalue weighted by molar-refractivity contribution is -0.122. The van der Waals surface area contributed by atoms with Crippen LogP contribution in [-0.4, -0.2) is 37.0 Å². The van der Waals surface area contributed by atoms with Crippen LogP contribution in [0.4, 0.5) is 11.4 Å². The number of rotatable bonds is 8. The Morgan fingerprint density at radius 3 is 1.71 bits per heavy atom. The molecule has 8 nitrogen and oxygen atoms in total. The molecule has 0 saturated heterocycles. The summed E-state index contributed by atoms with van der Waals surface area (Å²) in [4.78, 5) is 27.9. The summed E-state index contributed by atoms with van der Waals surface area (Å²) in [6.07, 6.45) is 0. The van der Waals surface area contributed by atoms with Gasteiger partial charge in [0.25, 0.3) is 11.8 Å². The van der Waals surface area contributed by atoms with Crippen LogP contribution in [0.25, 0.3) is 0 Å². The second kappa shape index (κ2) is 10.5. The van der Waals surface area contributed by atoms with E-state index in [4.69, 9.17) is 9.47 Å². The summed E-state index contributed by atoms with van der Waals surface area (Å²) < 4.78 is 11.4. The van der Waals surface area contributed by atoms with Crippen molar-refractivity contribution >= 4 is 34.6 Å². The molecular formula is C30H30N4O4. The van der Waals surface area contributed by atoms with Gasteiger partial charge >= 0.3 is 0 Å². The predicted molar refractivity (Wildman–Crippen MR) is 148 cm³/mol. The van der Waals surface area contributed by atoms with E-state index in [2.05, 4.69) is 10.2 Å². The normalized spacial score (nSPS) is 19.9. The molecule has 194 valence electrons. The zero-order valence-electron chi connectivity index (χ0n) is 21.9. The van der Waals surface area contributed by atoms with Gasteiger partial charge in [-0.1, -0.05) is 42.5 Å². The lowest BCUT2D eigenvalue weighted by atomic mass is 9.73. The fraction of sp³-hybridized carbons (Fsp3) is 0.267. The van der Waals surface area contributed by atoms with Gasteiger partial charge in [0, 0.05) is 17.3 Å². The summed E-state index contributed by atoms with van der Waals surface area (Å²) in [5.41, 5.74) is 3.40. The summed E-state index contributed by atoms with van der Waals surface area (Å²) in [7, 11) is 1.58. The van der Waals surface area contributed by atoms with E-state index in [1.54, 1.807) is 7.11 Å². The third-order valence-electron chi connectivity index (χ3n) is 6.96. The number of benzene rings is 3. The number of hydrogen-bond donors (Lipinski definition) is 0. The number of ether oxygens (including phenoxy) is 2. The van der Waals surface area contributed by atoms with Crippen molar-refractivity contribution in [2.45, 2.75) is 26.7 Å². The SMILES string of the molecule is CCOc1ccc(C(C2C(=O)N(c3ccccc3)N=C2C)C2C(=O)N(c3ccccc3)N=C2C)cc1OC. The van der Waals surface area contributed by atoms with E-state index in [1.165, 1.54) is 10.0 Å². The van der Waals surface area contributed by atoms with Crippen molar-refractivity contribution in [1.82, 2.24) is 0 Å². The molecule has 2 amide bonds. The highest BCUT2D eigenvalue weighted by Gasteiger charge is 2.50.